The number of unbranched alkanes of at least 4 members (excludes halogenated alkanes) is 2. The molecule has 322 valence electrons. The Morgan fingerprint density at radius 1 is 0.887 bits per heavy atom. The summed E-state index contributed by atoms with van der Waals surface area (Å²) in [7, 11) is 0. The number of aliphatic hydroxyl groups is 2. The highest BCUT2D eigenvalue weighted by molar-refractivity contribution is 8.00. The van der Waals surface area contributed by atoms with Crippen LogP contribution in [0.2, 0.25) is 0 Å². The number of oxime groups is 1. The SMILES string of the molecule is C=CCOC12Oc3ccc(Oc4ccc5ccccc5c4)cc3C3C(CCCCO)C(CCCCO)C=C(C(=NOCc4ccccc4)CC1Sc1ccc(NC(C)=O)cc1)C32. The Hall–Kier alpha value is -5.39. The number of thioether (sulfide) groups is 1. The van der Waals surface area contributed by atoms with E-state index in [0.717, 1.165) is 80.9 Å². The average molecular weight is 853 g/mol. The van der Waals surface area contributed by atoms with Crippen LogP contribution in [0, 0.1) is 17.8 Å². The van der Waals surface area contributed by atoms with E-state index in [9.17, 15) is 15.0 Å². The van der Waals surface area contributed by atoms with Crippen molar-refractivity contribution in [2.45, 2.75) is 80.3 Å². The Kier molecular flexibility index (Phi) is 14.1. The van der Waals surface area contributed by atoms with Crippen LogP contribution in [0.15, 0.2) is 150 Å². The first kappa shape index (κ1) is 43.3. The molecule has 6 atom stereocenters. The van der Waals surface area contributed by atoms with Gasteiger partial charge in [-0.25, -0.2) is 0 Å². The van der Waals surface area contributed by atoms with E-state index in [1.54, 1.807) is 17.8 Å². The largest absolute Gasteiger partial charge is 0.460 e. The van der Waals surface area contributed by atoms with Gasteiger partial charge in [0.15, 0.2) is 0 Å². The number of carbonyl (C=O) groups excluding carboxylic acids is 1. The second-order valence-corrected chi connectivity index (χ2v) is 17.7. The third-order valence-electron chi connectivity index (χ3n) is 12.3. The Balaban J connectivity index is 1.27. The number of anilines is 1. The maximum atomic E-state index is 11.9. The molecule has 5 aromatic carbocycles. The van der Waals surface area contributed by atoms with Crippen LogP contribution in [0.4, 0.5) is 5.69 Å². The second kappa shape index (κ2) is 20.2. The minimum Gasteiger partial charge on any atom is -0.460 e. The molecule has 9 nitrogen and oxygen atoms in total. The number of aliphatic hydroxyl groups excluding tert-OH is 2. The molecule has 0 bridgehead atoms. The Labute approximate surface area is 368 Å². The summed E-state index contributed by atoms with van der Waals surface area (Å²) in [6.45, 7) is 6.43. The van der Waals surface area contributed by atoms with Crippen molar-refractivity contribution in [1.29, 1.82) is 0 Å². The van der Waals surface area contributed by atoms with Gasteiger partial charge in [0.25, 0.3) is 0 Å². The lowest BCUT2D eigenvalue weighted by Crippen LogP contribution is -2.64. The summed E-state index contributed by atoms with van der Waals surface area (Å²) < 4.78 is 21.2. The predicted molar refractivity (Wildman–Crippen MR) is 247 cm³/mol. The number of carbonyl (C=O) groups is 1. The summed E-state index contributed by atoms with van der Waals surface area (Å²) >= 11 is 1.67. The molecule has 1 heterocycles. The molecule has 1 fully saturated rings. The molecular weight excluding hydrogens is 797 g/mol. The predicted octanol–water partition coefficient (Wildman–Crippen LogP) is 11.2. The summed E-state index contributed by atoms with van der Waals surface area (Å²) in [5.41, 5.74) is 4.71. The van der Waals surface area contributed by atoms with Gasteiger partial charge >= 0.3 is 0 Å². The zero-order valence-electron chi connectivity index (χ0n) is 35.3. The molecule has 8 rings (SSSR count). The number of ether oxygens (including phenoxy) is 3. The monoisotopic (exact) mass is 852 g/mol. The number of hydrogen-bond acceptors (Lipinski definition) is 9. The molecule has 0 aromatic heterocycles. The standard InChI is InChI=1S/C52H56N2O7S/c1-3-29-58-52-49(62-43-24-20-40(21-25-43)53-35(2)57)33-47(54-59-34-36-13-5-4-6-14-36)45-31-39(17-9-11-27-55)44(18-10-12-28-56)50(51(45)52)46-32-42(23-26-48(46)61-52)60-41-22-19-37-15-7-8-16-38(37)30-41/h3-8,13-16,19-26,30-32,39,44,49-51,55-56H,1,9-12,17-18,27-29,33-34H2,2H3,(H,53,57). The van der Waals surface area contributed by atoms with Crippen LogP contribution < -0.4 is 14.8 Å². The van der Waals surface area contributed by atoms with Crippen molar-refractivity contribution in [1.82, 2.24) is 0 Å². The number of fused-ring (bicyclic) bond motifs is 3. The van der Waals surface area contributed by atoms with Gasteiger partial charge in [-0.1, -0.05) is 90.8 Å². The van der Waals surface area contributed by atoms with Gasteiger partial charge in [-0.3, -0.25) is 4.79 Å². The molecule has 6 unspecified atom stereocenters. The summed E-state index contributed by atoms with van der Waals surface area (Å²) in [5.74, 6) is 0.829. The maximum Gasteiger partial charge on any atom is 0.231 e. The number of allylic oxidation sites excluding steroid dienone is 1. The van der Waals surface area contributed by atoms with Gasteiger partial charge in [0.2, 0.25) is 11.7 Å². The lowest BCUT2D eigenvalue weighted by molar-refractivity contribution is -0.223. The third kappa shape index (κ3) is 9.64. The fourth-order valence-corrected chi connectivity index (χ4v) is 10.9. The van der Waals surface area contributed by atoms with Gasteiger partial charge in [-0.05, 0) is 114 Å². The van der Waals surface area contributed by atoms with Crippen molar-refractivity contribution in [3.05, 3.63) is 151 Å². The summed E-state index contributed by atoms with van der Waals surface area (Å²) in [6.07, 6.45) is 9.59. The molecule has 0 spiro atoms. The molecule has 5 aromatic rings. The first-order valence-corrected chi connectivity index (χ1v) is 22.7. The molecule has 10 heteroatoms. The maximum absolute atomic E-state index is 11.9. The van der Waals surface area contributed by atoms with Gasteiger partial charge in [0, 0.05) is 48.6 Å². The van der Waals surface area contributed by atoms with E-state index in [1.165, 1.54) is 6.92 Å². The van der Waals surface area contributed by atoms with Crippen LogP contribution in [-0.2, 0) is 21.0 Å². The van der Waals surface area contributed by atoms with E-state index in [4.69, 9.17) is 24.2 Å². The van der Waals surface area contributed by atoms with Gasteiger partial charge in [-0.15, -0.1) is 18.3 Å². The smallest absolute Gasteiger partial charge is 0.231 e. The second-order valence-electron chi connectivity index (χ2n) is 16.4. The first-order valence-electron chi connectivity index (χ1n) is 21.8. The molecule has 1 saturated carbocycles. The van der Waals surface area contributed by atoms with Crippen LogP contribution >= 0.6 is 11.8 Å². The van der Waals surface area contributed by atoms with Crippen LogP contribution in [0.5, 0.6) is 17.2 Å². The highest BCUT2D eigenvalue weighted by atomic mass is 32.2. The number of hydrogen-bond donors (Lipinski definition) is 3. The summed E-state index contributed by atoms with van der Waals surface area (Å²) in [4.78, 5) is 19.1. The van der Waals surface area contributed by atoms with Gasteiger partial charge in [0.1, 0.15) is 23.9 Å². The summed E-state index contributed by atoms with van der Waals surface area (Å²) in [5, 5.41) is 29.7. The Morgan fingerprint density at radius 3 is 2.37 bits per heavy atom. The molecular formula is C52H56N2O7S. The summed E-state index contributed by atoms with van der Waals surface area (Å²) in [6, 6.07) is 38.5. The van der Waals surface area contributed by atoms with E-state index >= 15 is 0 Å². The van der Waals surface area contributed by atoms with Gasteiger partial charge in [-0.2, -0.15) is 0 Å². The number of amides is 1. The first-order chi connectivity index (χ1) is 30.4. The highest BCUT2D eigenvalue weighted by Crippen LogP contribution is 2.63. The van der Waals surface area contributed by atoms with E-state index in [-0.39, 0.29) is 54.6 Å². The highest BCUT2D eigenvalue weighted by Gasteiger charge is 2.64. The van der Waals surface area contributed by atoms with Crippen molar-refractivity contribution in [2.24, 2.45) is 22.9 Å². The van der Waals surface area contributed by atoms with Crippen molar-refractivity contribution >= 4 is 39.8 Å². The van der Waals surface area contributed by atoms with E-state index in [1.807, 2.05) is 84.9 Å². The number of nitrogens with one attached hydrogen (secondary N) is 1. The molecule has 1 aliphatic heterocycles. The molecule has 0 saturated heterocycles. The Bertz CT molecular complexity index is 2380. The topological polar surface area (TPSA) is 119 Å². The molecule has 0 radical (unpaired) electrons. The normalized spacial score (nSPS) is 23.1. The van der Waals surface area contributed by atoms with Crippen LogP contribution in [0.3, 0.4) is 0 Å². The van der Waals surface area contributed by atoms with E-state index in [0.29, 0.717) is 31.6 Å². The number of benzene rings is 5. The van der Waals surface area contributed by atoms with Crippen molar-refractivity contribution in [3.8, 4) is 17.2 Å². The zero-order valence-corrected chi connectivity index (χ0v) is 36.1. The minimum atomic E-state index is -1.15. The molecule has 1 amide bonds. The van der Waals surface area contributed by atoms with Crippen molar-refractivity contribution < 1.29 is 34.1 Å². The molecule has 62 heavy (non-hydrogen) atoms. The van der Waals surface area contributed by atoms with Crippen molar-refractivity contribution in [3.63, 3.8) is 0 Å². The van der Waals surface area contributed by atoms with E-state index < -0.39 is 5.79 Å². The minimum absolute atomic E-state index is 0.0913. The fraction of sp³-hybridized carbons (Fsp3) is 0.346. The van der Waals surface area contributed by atoms with E-state index in [2.05, 4.69) is 48.3 Å². The number of nitrogens with zero attached hydrogens (tertiary/aromatic N) is 1. The zero-order chi connectivity index (χ0) is 42.9. The molecule has 2 aliphatic carbocycles. The fourth-order valence-electron chi connectivity index (χ4n) is 9.60. The van der Waals surface area contributed by atoms with Crippen LogP contribution in [-0.4, -0.2) is 52.7 Å². The van der Waals surface area contributed by atoms with Gasteiger partial charge in [0.05, 0.1) is 23.5 Å². The average Bonchev–Trinajstić information content (AvgIpc) is 3.28. The lowest BCUT2D eigenvalue weighted by atomic mass is 9.56. The van der Waals surface area contributed by atoms with Crippen LogP contribution in [0.25, 0.3) is 10.8 Å². The quantitative estimate of drug-likeness (QED) is 0.0427. The Morgan fingerprint density at radius 2 is 1.61 bits per heavy atom. The third-order valence-corrected chi connectivity index (χ3v) is 13.6. The number of rotatable bonds is 19. The molecule has 3 aliphatic rings. The molecule has 3 N–H and O–H groups in total. The van der Waals surface area contributed by atoms with Crippen molar-refractivity contribution in [2.75, 3.05) is 25.1 Å². The lowest BCUT2D eigenvalue weighted by Gasteiger charge is -2.58. The van der Waals surface area contributed by atoms with Gasteiger partial charge < -0.3 is 34.6 Å². The van der Waals surface area contributed by atoms with Crippen LogP contribution in [0.1, 0.15) is 68.9 Å².